The quantitative estimate of drug-likeness (QED) is 0.650. The Hall–Kier alpha value is 0.270. The lowest BCUT2D eigenvalue weighted by molar-refractivity contribution is 0.158. The standard InChI is InChI=1S/C8H17NOS/c1-2-3-8(10)4-9-7-5-11-6-7/h7-10H,2-6H2,1H3. The maximum absolute atomic E-state index is 9.35. The van der Waals surface area contributed by atoms with E-state index in [4.69, 9.17) is 0 Å². The van der Waals surface area contributed by atoms with Gasteiger partial charge in [-0.1, -0.05) is 13.3 Å². The summed E-state index contributed by atoms with van der Waals surface area (Å²) in [5.41, 5.74) is 0. The van der Waals surface area contributed by atoms with Crippen molar-refractivity contribution in [3.8, 4) is 0 Å². The Morgan fingerprint density at radius 3 is 2.82 bits per heavy atom. The molecular formula is C8H17NOS. The van der Waals surface area contributed by atoms with Crippen molar-refractivity contribution in [2.75, 3.05) is 18.1 Å². The van der Waals surface area contributed by atoms with Gasteiger partial charge < -0.3 is 10.4 Å². The lowest BCUT2D eigenvalue weighted by atomic mass is 10.2. The van der Waals surface area contributed by atoms with Crippen molar-refractivity contribution < 1.29 is 5.11 Å². The number of hydrogen-bond acceptors (Lipinski definition) is 3. The molecule has 1 atom stereocenters. The second-order valence-electron chi connectivity index (χ2n) is 3.09. The van der Waals surface area contributed by atoms with Gasteiger partial charge in [0.25, 0.3) is 0 Å². The van der Waals surface area contributed by atoms with Crippen LogP contribution in [0.25, 0.3) is 0 Å². The molecule has 3 heteroatoms. The first-order valence-corrected chi connectivity index (χ1v) is 5.47. The van der Waals surface area contributed by atoms with Crippen LogP contribution in [0.5, 0.6) is 0 Å². The van der Waals surface area contributed by atoms with Gasteiger partial charge in [-0.2, -0.15) is 11.8 Å². The number of hydrogen-bond donors (Lipinski definition) is 2. The zero-order chi connectivity index (χ0) is 8.10. The molecule has 0 aromatic heterocycles. The Morgan fingerprint density at radius 2 is 2.36 bits per heavy atom. The largest absolute Gasteiger partial charge is 0.392 e. The zero-order valence-corrected chi connectivity index (χ0v) is 7.86. The molecule has 0 aliphatic carbocycles. The summed E-state index contributed by atoms with van der Waals surface area (Å²) in [7, 11) is 0. The van der Waals surface area contributed by atoms with Gasteiger partial charge in [0.15, 0.2) is 0 Å². The number of thioether (sulfide) groups is 1. The average molecular weight is 175 g/mol. The third kappa shape index (κ3) is 3.45. The van der Waals surface area contributed by atoms with Crippen molar-refractivity contribution in [3.05, 3.63) is 0 Å². The van der Waals surface area contributed by atoms with Gasteiger partial charge in [-0.05, 0) is 6.42 Å². The molecule has 0 saturated carbocycles. The van der Waals surface area contributed by atoms with Crippen molar-refractivity contribution >= 4 is 11.8 Å². The zero-order valence-electron chi connectivity index (χ0n) is 7.05. The molecule has 1 aliphatic rings. The molecule has 2 nitrogen and oxygen atoms in total. The summed E-state index contributed by atoms with van der Waals surface area (Å²) >= 11 is 1.97. The molecule has 11 heavy (non-hydrogen) atoms. The van der Waals surface area contributed by atoms with Crippen LogP contribution in [0.2, 0.25) is 0 Å². The van der Waals surface area contributed by atoms with Crippen LogP contribution in [0.3, 0.4) is 0 Å². The second-order valence-corrected chi connectivity index (χ2v) is 4.16. The van der Waals surface area contributed by atoms with Gasteiger partial charge in [0.2, 0.25) is 0 Å². The summed E-state index contributed by atoms with van der Waals surface area (Å²) in [6.07, 6.45) is 1.86. The minimum Gasteiger partial charge on any atom is -0.392 e. The summed E-state index contributed by atoms with van der Waals surface area (Å²) in [4.78, 5) is 0. The summed E-state index contributed by atoms with van der Waals surface area (Å²) in [5.74, 6) is 2.44. The van der Waals surface area contributed by atoms with Gasteiger partial charge >= 0.3 is 0 Å². The highest BCUT2D eigenvalue weighted by Gasteiger charge is 2.17. The third-order valence-electron chi connectivity index (χ3n) is 1.90. The van der Waals surface area contributed by atoms with Crippen molar-refractivity contribution in [2.45, 2.75) is 31.9 Å². The first-order chi connectivity index (χ1) is 5.33. The highest BCUT2D eigenvalue weighted by atomic mass is 32.2. The molecule has 0 aromatic rings. The number of nitrogens with one attached hydrogen (secondary N) is 1. The predicted molar refractivity (Wildman–Crippen MR) is 50.0 cm³/mol. The van der Waals surface area contributed by atoms with Gasteiger partial charge in [-0.15, -0.1) is 0 Å². The van der Waals surface area contributed by atoms with Crippen LogP contribution in [0.15, 0.2) is 0 Å². The molecule has 0 spiro atoms. The molecule has 1 heterocycles. The molecule has 0 bridgehead atoms. The van der Waals surface area contributed by atoms with Crippen LogP contribution in [0.1, 0.15) is 19.8 Å². The highest BCUT2D eigenvalue weighted by Crippen LogP contribution is 2.16. The Labute approximate surface area is 72.8 Å². The minimum absolute atomic E-state index is 0.134. The SMILES string of the molecule is CCCC(O)CNC1CSC1. The fourth-order valence-corrected chi connectivity index (χ4v) is 1.80. The average Bonchev–Trinajstić information content (AvgIpc) is 1.85. The first-order valence-electron chi connectivity index (χ1n) is 4.32. The molecule has 0 radical (unpaired) electrons. The summed E-state index contributed by atoms with van der Waals surface area (Å²) < 4.78 is 0. The van der Waals surface area contributed by atoms with Crippen molar-refractivity contribution in [1.29, 1.82) is 0 Å². The fraction of sp³-hybridized carbons (Fsp3) is 1.00. The second kappa shape index (κ2) is 5.01. The van der Waals surface area contributed by atoms with Crippen molar-refractivity contribution in [2.24, 2.45) is 0 Å². The monoisotopic (exact) mass is 175 g/mol. The van der Waals surface area contributed by atoms with E-state index >= 15 is 0 Å². The highest BCUT2D eigenvalue weighted by molar-refractivity contribution is 8.00. The topological polar surface area (TPSA) is 32.3 Å². The Kier molecular flexibility index (Phi) is 4.26. The maximum atomic E-state index is 9.35. The fourth-order valence-electron chi connectivity index (χ4n) is 1.09. The minimum atomic E-state index is -0.134. The molecule has 2 N–H and O–H groups in total. The van der Waals surface area contributed by atoms with Crippen LogP contribution in [0, 0.1) is 0 Å². The van der Waals surface area contributed by atoms with Crippen LogP contribution in [-0.4, -0.2) is 35.3 Å². The molecular weight excluding hydrogens is 158 g/mol. The molecule has 1 unspecified atom stereocenters. The van der Waals surface area contributed by atoms with Crippen molar-refractivity contribution in [3.63, 3.8) is 0 Å². The van der Waals surface area contributed by atoms with E-state index in [0.717, 1.165) is 19.4 Å². The number of rotatable bonds is 5. The normalized spacial score (nSPS) is 21.3. The van der Waals surface area contributed by atoms with E-state index in [1.807, 2.05) is 11.8 Å². The van der Waals surface area contributed by atoms with Gasteiger partial charge in [-0.25, -0.2) is 0 Å². The molecule has 0 aromatic carbocycles. The Morgan fingerprint density at radius 1 is 1.64 bits per heavy atom. The number of aliphatic hydroxyl groups is 1. The van der Waals surface area contributed by atoms with Gasteiger partial charge in [-0.3, -0.25) is 0 Å². The van der Waals surface area contributed by atoms with Crippen LogP contribution >= 0.6 is 11.8 Å². The third-order valence-corrected chi connectivity index (χ3v) is 3.18. The van der Waals surface area contributed by atoms with Gasteiger partial charge in [0, 0.05) is 24.1 Å². The van der Waals surface area contributed by atoms with E-state index in [0.29, 0.717) is 6.04 Å². The summed E-state index contributed by atoms with van der Waals surface area (Å²) in [5, 5.41) is 12.7. The predicted octanol–water partition coefficient (Wildman–Crippen LogP) is 0.852. The van der Waals surface area contributed by atoms with E-state index in [1.54, 1.807) is 0 Å². The summed E-state index contributed by atoms with van der Waals surface area (Å²) in [6.45, 7) is 2.88. The van der Waals surface area contributed by atoms with Gasteiger partial charge in [0.1, 0.15) is 0 Å². The maximum Gasteiger partial charge on any atom is 0.0664 e. The number of aliphatic hydroxyl groups excluding tert-OH is 1. The lowest BCUT2D eigenvalue weighted by Gasteiger charge is -2.27. The lowest BCUT2D eigenvalue weighted by Crippen LogP contribution is -2.43. The van der Waals surface area contributed by atoms with E-state index in [1.165, 1.54) is 11.5 Å². The van der Waals surface area contributed by atoms with E-state index in [2.05, 4.69) is 12.2 Å². The van der Waals surface area contributed by atoms with E-state index in [9.17, 15) is 5.11 Å². The molecule has 0 amide bonds. The smallest absolute Gasteiger partial charge is 0.0664 e. The molecule has 1 aliphatic heterocycles. The summed E-state index contributed by atoms with van der Waals surface area (Å²) in [6, 6.07) is 0.673. The van der Waals surface area contributed by atoms with Crippen LogP contribution in [-0.2, 0) is 0 Å². The van der Waals surface area contributed by atoms with Crippen LogP contribution < -0.4 is 5.32 Å². The Balaban J connectivity index is 1.92. The van der Waals surface area contributed by atoms with Crippen LogP contribution in [0.4, 0.5) is 0 Å². The molecule has 1 rings (SSSR count). The van der Waals surface area contributed by atoms with Crippen molar-refractivity contribution in [1.82, 2.24) is 5.32 Å². The molecule has 1 fully saturated rings. The van der Waals surface area contributed by atoms with Gasteiger partial charge in [0.05, 0.1) is 6.10 Å². The Bertz CT molecular complexity index is 106. The van der Waals surface area contributed by atoms with E-state index in [-0.39, 0.29) is 6.10 Å². The van der Waals surface area contributed by atoms with E-state index < -0.39 is 0 Å². The molecule has 66 valence electrons. The first kappa shape index (κ1) is 9.36. The molecule has 1 saturated heterocycles.